The number of hydrazine groups is 1. The van der Waals surface area contributed by atoms with Gasteiger partial charge in [0, 0.05) is 7.11 Å². The van der Waals surface area contributed by atoms with Crippen LogP contribution in [0.5, 0.6) is 0 Å². The van der Waals surface area contributed by atoms with Crippen LogP contribution in [-0.4, -0.2) is 19.3 Å². The van der Waals surface area contributed by atoms with Crippen LogP contribution >= 0.6 is 0 Å². The van der Waals surface area contributed by atoms with Gasteiger partial charge in [-0.2, -0.15) is 0 Å². The number of benzene rings is 1. The van der Waals surface area contributed by atoms with Crippen molar-refractivity contribution < 1.29 is 4.74 Å². The molecule has 3 nitrogen and oxygen atoms in total. The summed E-state index contributed by atoms with van der Waals surface area (Å²) in [4.78, 5) is 0. The summed E-state index contributed by atoms with van der Waals surface area (Å²) in [5, 5.41) is 0. The molecular formula is C16H28N2O. The second-order valence-electron chi connectivity index (χ2n) is 5.82. The predicted octanol–water partition coefficient (Wildman–Crippen LogP) is 2.86. The Morgan fingerprint density at radius 2 is 1.68 bits per heavy atom. The average Bonchev–Trinajstić information content (AvgIpc) is 2.38. The van der Waals surface area contributed by atoms with Crippen LogP contribution in [0.3, 0.4) is 0 Å². The van der Waals surface area contributed by atoms with Gasteiger partial charge in [-0.25, -0.2) is 0 Å². The van der Waals surface area contributed by atoms with Gasteiger partial charge in [0.1, 0.15) is 0 Å². The van der Waals surface area contributed by atoms with Crippen molar-refractivity contribution in [3.05, 3.63) is 35.4 Å². The Balaban J connectivity index is 2.75. The molecule has 108 valence electrons. The van der Waals surface area contributed by atoms with Crippen molar-refractivity contribution in [1.82, 2.24) is 5.43 Å². The molecule has 0 saturated carbocycles. The predicted molar refractivity (Wildman–Crippen MR) is 81.0 cm³/mol. The first-order valence-corrected chi connectivity index (χ1v) is 7.07. The molecule has 0 spiro atoms. The van der Waals surface area contributed by atoms with Gasteiger partial charge in [-0.3, -0.25) is 11.3 Å². The van der Waals surface area contributed by atoms with Crippen molar-refractivity contribution in [3.8, 4) is 0 Å². The zero-order valence-corrected chi connectivity index (χ0v) is 12.8. The lowest BCUT2D eigenvalue weighted by Gasteiger charge is -2.28. The summed E-state index contributed by atoms with van der Waals surface area (Å²) in [5.74, 6) is 6.68. The molecule has 3 N–H and O–H groups in total. The van der Waals surface area contributed by atoms with E-state index in [1.807, 2.05) is 0 Å². The van der Waals surface area contributed by atoms with Crippen LogP contribution in [-0.2, 0) is 11.2 Å². The summed E-state index contributed by atoms with van der Waals surface area (Å²) in [6.07, 6.45) is 1.00. The molecule has 0 heterocycles. The molecule has 1 aromatic rings. The van der Waals surface area contributed by atoms with E-state index in [2.05, 4.69) is 57.4 Å². The lowest BCUT2D eigenvalue weighted by atomic mass is 9.93. The number of rotatable bonds is 7. The highest BCUT2D eigenvalue weighted by Crippen LogP contribution is 2.18. The van der Waals surface area contributed by atoms with Crippen molar-refractivity contribution >= 4 is 0 Å². The molecule has 0 fully saturated rings. The summed E-state index contributed by atoms with van der Waals surface area (Å²) in [6, 6.07) is 8.91. The lowest BCUT2D eigenvalue weighted by molar-refractivity contribution is 0.0332. The van der Waals surface area contributed by atoms with Crippen molar-refractivity contribution in [3.63, 3.8) is 0 Å². The Kier molecular flexibility index (Phi) is 6.49. The molecule has 2 atom stereocenters. The monoisotopic (exact) mass is 264 g/mol. The maximum absolute atomic E-state index is 5.68. The standard InChI is InChI=1S/C16H28N2O/c1-11(2)14-8-6-13(7-9-14)10-15(18-17)16(19-5)12(3)4/h6-9,11-12,15-16,18H,10,17H2,1-5H3. The van der Waals surface area contributed by atoms with Crippen molar-refractivity contribution in [1.29, 1.82) is 0 Å². The third-order valence-electron chi connectivity index (χ3n) is 3.64. The van der Waals surface area contributed by atoms with Gasteiger partial charge >= 0.3 is 0 Å². The Labute approximate surface area is 117 Å². The first-order valence-electron chi connectivity index (χ1n) is 7.07. The van der Waals surface area contributed by atoms with Crippen molar-refractivity contribution in [2.24, 2.45) is 11.8 Å². The van der Waals surface area contributed by atoms with Crippen LogP contribution in [0, 0.1) is 5.92 Å². The number of nitrogens with two attached hydrogens (primary N) is 1. The number of hydrogen-bond donors (Lipinski definition) is 2. The van der Waals surface area contributed by atoms with E-state index in [0.29, 0.717) is 11.8 Å². The van der Waals surface area contributed by atoms with Crippen LogP contribution in [0.25, 0.3) is 0 Å². The van der Waals surface area contributed by atoms with Gasteiger partial charge in [-0.1, -0.05) is 52.0 Å². The summed E-state index contributed by atoms with van der Waals surface area (Å²) in [7, 11) is 1.75. The summed E-state index contributed by atoms with van der Waals surface area (Å²) >= 11 is 0. The molecule has 0 aromatic heterocycles. The largest absolute Gasteiger partial charge is 0.380 e. The Bertz CT molecular complexity index is 360. The summed E-state index contributed by atoms with van der Waals surface area (Å²) in [6.45, 7) is 8.72. The minimum atomic E-state index is 0.120. The van der Waals surface area contributed by atoms with Gasteiger partial charge in [-0.15, -0.1) is 0 Å². The maximum Gasteiger partial charge on any atom is 0.0763 e. The highest BCUT2D eigenvalue weighted by Gasteiger charge is 2.23. The lowest BCUT2D eigenvalue weighted by Crippen LogP contribution is -2.48. The molecular weight excluding hydrogens is 236 g/mol. The van der Waals surface area contributed by atoms with Crippen LogP contribution in [0.2, 0.25) is 0 Å². The van der Waals surface area contributed by atoms with E-state index < -0.39 is 0 Å². The fourth-order valence-corrected chi connectivity index (χ4v) is 2.46. The third kappa shape index (κ3) is 4.60. The van der Waals surface area contributed by atoms with E-state index in [9.17, 15) is 0 Å². The van der Waals surface area contributed by atoms with Gasteiger partial charge in [0.05, 0.1) is 12.1 Å². The van der Waals surface area contributed by atoms with Crippen molar-refractivity contribution in [2.45, 2.75) is 52.2 Å². The molecule has 0 saturated heterocycles. The van der Waals surface area contributed by atoms with Crippen LogP contribution < -0.4 is 11.3 Å². The fraction of sp³-hybridized carbons (Fsp3) is 0.625. The third-order valence-corrected chi connectivity index (χ3v) is 3.64. The zero-order chi connectivity index (χ0) is 14.4. The maximum atomic E-state index is 5.68. The molecule has 19 heavy (non-hydrogen) atoms. The van der Waals surface area contributed by atoms with Crippen LogP contribution in [0.4, 0.5) is 0 Å². The highest BCUT2D eigenvalue weighted by molar-refractivity contribution is 5.25. The number of hydrogen-bond acceptors (Lipinski definition) is 3. The van der Waals surface area contributed by atoms with Crippen LogP contribution in [0.15, 0.2) is 24.3 Å². The molecule has 0 bridgehead atoms. The second kappa shape index (κ2) is 7.63. The minimum Gasteiger partial charge on any atom is -0.380 e. The first-order chi connectivity index (χ1) is 8.99. The molecule has 0 radical (unpaired) electrons. The topological polar surface area (TPSA) is 47.3 Å². The van der Waals surface area contributed by atoms with E-state index in [1.54, 1.807) is 7.11 Å². The van der Waals surface area contributed by atoms with E-state index in [4.69, 9.17) is 10.6 Å². The SMILES string of the molecule is COC(C(C)C)C(Cc1ccc(C(C)C)cc1)NN. The first kappa shape index (κ1) is 16.2. The molecule has 0 aliphatic carbocycles. The second-order valence-corrected chi connectivity index (χ2v) is 5.82. The summed E-state index contributed by atoms with van der Waals surface area (Å²) in [5.41, 5.74) is 5.55. The van der Waals surface area contributed by atoms with Gasteiger partial charge in [0.2, 0.25) is 0 Å². The van der Waals surface area contributed by atoms with Gasteiger partial charge in [0.15, 0.2) is 0 Å². The number of nitrogens with one attached hydrogen (secondary N) is 1. The normalized spacial score (nSPS) is 14.9. The van der Waals surface area contributed by atoms with Crippen LogP contribution in [0.1, 0.15) is 44.7 Å². The quantitative estimate of drug-likeness (QED) is 0.588. The van der Waals surface area contributed by atoms with Gasteiger partial charge < -0.3 is 4.74 Å². The number of ether oxygens (including phenoxy) is 1. The van der Waals surface area contributed by atoms with E-state index >= 15 is 0 Å². The Morgan fingerprint density at radius 3 is 2.05 bits per heavy atom. The Morgan fingerprint density at radius 1 is 1.11 bits per heavy atom. The van der Waals surface area contributed by atoms with Crippen molar-refractivity contribution in [2.75, 3.05) is 7.11 Å². The highest BCUT2D eigenvalue weighted by atomic mass is 16.5. The molecule has 0 aliphatic heterocycles. The molecule has 1 aromatic carbocycles. The molecule has 3 heteroatoms. The molecule has 0 amide bonds. The van der Waals surface area contributed by atoms with E-state index in [1.165, 1.54) is 11.1 Å². The summed E-state index contributed by atoms with van der Waals surface area (Å²) < 4.78 is 5.56. The molecule has 0 aliphatic rings. The average molecular weight is 264 g/mol. The van der Waals surface area contributed by atoms with Gasteiger partial charge in [-0.05, 0) is 29.4 Å². The number of methoxy groups -OCH3 is 1. The Hall–Kier alpha value is -0.900. The zero-order valence-electron chi connectivity index (χ0n) is 12.8. The van der Waals surface area contributed by atoms with E-state index in [0.717, 1.165) is 6.42 Å². The smallest absolute Gasteiger partial charge is 0.0763 e. The molecule has 1 rings (SSSR count). The minimum absolute atomic E-state index is 0.120. The van der Waals surface area contributed by atoms with E-state index in [-0.39, 0.29) is 12.1 Å². The molecule has 2 unspecified atom stereocenters. The van der Waals surface area contributed by atoms with Gasteiger partial charge in [0.25, 0.3) is 0 Å². The fourth-order valence-electron chi connectivity index (χ4n) is 2.46.